The van der Waals surface area contributed by atoms with Crippen molar-refractivity contribution >= 4 is 72.7 Å². The van der Waals surface area contributed by atoms with Crippen molar-refractivity contribution in [1.82, 2.24) is 29.9 Å². The zero-order chi connectivity index (χ0) is 33.6. The number of piperidine rings is 1. The van der Waals surface area contributed by atoms with E-state index >= 15 is 0 Å². The summed E-state index contributed by atoms with van der Waals surface area (Å²) < 4.78 is 17.0. The van der Waals surface area contributed by atoms with E-state index in [0.29, 0.717) is 38.6 Å². The number of hydrogen-bond acceptors (Lipinski definition) is 9. The monoisotopic (exact) mass is 699 g/mol. The fraction of sp³-hybridized carbons (Fsp3) is 0.286. The Hall–Kier alpha value is -4.34. The molecule has 3 aromatic heterocycles. The summed E-state index contributed by atoms with van der Waals surface area (Å²) in [7, 11) is 0. The molecule has 0 saturated carbocycles. The summed E-state index contributed by atoms with van der Waals surface area (Å²) in [6.45, 7) is 8.77. The van der Waals surface area contributed by atoms with E-state index in [1.165, 1.54) is 18.3 Å². The molecule has 1 fully saturated rings. The van der Waals surface area contributed by atoms with Crippen molar-refractivity contribution in [2.45, 2.75) is 51.2 Å². The molecular weight excluding hydrogens is 668 g/mol. The van der Waals surface area contributed by atoms with Crippen molar-refractivity contribution in [2.24, 2.45) is 0 Å². The Balaban J connectivity index is 1.27. The largest absolute Gasteiger partial charge is 0.373 e. The summed E-state index contributed by atoms with van der Waals surface area (Å²) in [5.41, 5.74) is 7.13. The van der Waals surface area contributed by atoms with E-state index in [1.54, 1.807) is 17.4 Å². The summed E-state index contributed by atoms with van der Waals surface area (Å²) in [5.74, 6) is -0.535. The average molecular weight is 701 g/mol. The van der Waals surface area contributed by atoms with Gasteiger partial charge in [0, 0.05) is 41.6 Å². The zero-order valence-corrected chi connectivity index (χ0v) is 28.8. The van der Waals surface area contributed by atoms with Gasteiger partial charge in [-0.25, -0.2) is 14.1 Å². The average Bonchev–Trinajstić information content (AvgIpc) is 3.75. The van der Waals surface area contributed by atoms with Gasteiger partial charge in [-0.3, -0.25) is 9.88 Å². The smallest absolute Gasteiger partial charge is 0.141 e. The summed E-state index contributed by atoms with van der Waals surface area (Å²) in [6, 6.07) is 16.3. The topological polar surface area (TPSA) is 108 Å². The highest BCUT2D eigenvalue weighted by Gasteiger charge is 2.29. The number of halogens is 3. The number of nitrogens with zero attached hydrogens (tertiary/aromatic N) is 7. The molecule has 1 aliphatic heterocycles. The van der Waals surface area contributed by atoms with Crippen LogP contribution in [0.1, 0.15) is 62.5 Å². The molecule has 1 aliphatic rings. The second-order valence-corrected chi connectivity index (χ2v) is 14.6. The minimum absolute atomic E-state index is 0.0363. The maximum Gasteiger partial charge on any atom is 0.141 e. The lowest BCUT2D eigenvalue weighted by Gasteiger charge is -2.40. The van der Waals surface area contributed by atoms with Crippen molar-refractivity contribution < 1.29 is 4.39 Å². The summed E-state index contributed by atoms with van der Waals surface area (Å²) in [6.07, 6.45) is 5.49. The molecule has 4 heterocycles. The molecule has 244 valence electrons. The van der Waals surface area contributed by atoms with E-state index in [0.717, 1.165) is 47.4 Å². The van der Waals surface area contributed by atoms with Crippen LogP contribution in [0.15, 0.2) is 66.4 Å². The normalized spacial score (nSPS) is 15.1. The third-order valence-electron chi connectivity index (χ3n) is 8.84. The van der Waals surface area contributed by atoms with Gasteiger partial charge in [-0.1, -0.05) is 34.5 Å². The first-order chi connectivity index (χ1) is 23.1. The zero-order valence-electron chi connectivity index (χ0n) is 26.5. The van der Waals surface area contributed by atoms with Gasteiger partial charge < -0.3 is 10.6 Å². The molecule has 0 bridgehead atoms. The van der Waals surface area contributed by atoms with Gasteiger partial charge in [0.1, 0.15) is 17.6 Å². The molecule has 1 saturated heterocycles. The Bertz CT molecular complexity index is 2180. The number of rotatable bonds is 7. The molecule has 3 aromatic carbocycles. The molecule has 0 aliphatic carbocycles. The van der Waals surface area contributed by atoms with Crippen LogP contribution < -0.4 is 10.6 Å². The van der Waals surface area contributed by atoms with Crippen molar-refractivity contribution in [3.8, 4) is 6.07 Å². The van der Waals surface area contributed by atoms with E-state index in [-0.39, 0.29) is 22.6 Å². The predicted octanol–water partition coefficient (Wildman–Crippen LogP) is 9.13. The van der Waals surface area contributed by atoms with Crippen LogP contribution in [0.4, 0.5) is 21.5 Å². The van der Waals surface area contributed by atoms with Crippen LogP contribution in [0.5, 0.6) is 0 Å². The van der Waals surface area contributed by atoms with Crippen LogP contribution in [-0.2, 0) is 0 Å². The van der Waals surface area contributed by atoms with E-state index in [9.17, 15) is 9.65 Å². The van der Waals surface area contributed by atoms with Gasteiger partial charge in [0.25, 0.3) is 0 Å². The Morgan fingerprint density at radius 3 is 2.56 bits per heavy atom. The van der Waals surface area contributed by atoms with Crippen molar-refractivity contribution in [1.29, 1.82) is 5.26 Å². The number of fused-ring (bicyclic) bond motifs is 2. The molecule has 6 aromatic rings. The van der Waals surface area contributed by atoms with E-state index in [4.69, 9.17) is 23.2 Å². The van der Waals surface area contributed by atoms with Gasteiger partial charge >= 0.3 is 0 Å². The molecule has 2 N–H and O–H groups in total. The summed E-state index contributed by atoms with van der Waals surface area (Å²) in [4.78, 5) is 11.5. The van der Waals surface area contributed by atoms with Crippen LogP contribution in [0.25, 0.3) is 21.1 Å². The second kappa shape index (κ2) is 12.9. The first-order valence-corrected chi connectivity index (χ1v) is 17.2. The van der Waals surface area contributed by atoms with Gasteiger partial charge in [-0.2, -0.15) is 5.26 Å². The summed E-state index contributed by atoms with van der Waals surface area (Å²) >= 11 is 14.5. The number of anilines is 3. The predicted molar refractivity (Wildman–Crippen MR) is 191 cm³/mol. The van der Waals surface area contributed by atoms with Gasteiger partial charge in [-0.15, -0.1) is 16.4 Å². The SMILES string of the molecule is CC(C)(C)N1CCC(n2cc(C(Nc3cc(Cl)c4ncc(C#N)c(Nc5ccc(F)c(Cl)c5)c4c3)c3ccc4ncsc4c3)nn2)CC1. The molecule has 1 atom stereocenters. The number of aromatic nitrogens is 5. The Labute approximate surface area is 291 Å². The summed E-state index contributed by atoms with van der Waals surface area (Å²) in [5, 5.41) is 27.1. The van der Waals surface area contributed by atoms with Crippen LogP contribution in [0, 0.1) is 17.1 Å². The molecule has 7 rings (SSSR count). The van der Waals surface area contributed by atoms with E-state index < -0.39 is 5.82 Å². The number of hydrogen-bond donors (Lipinski definition) is 2. The molecule has 9 nitrogen and oxygen atoms in total. The van der Waals surface area contributed by atoms with E-state index in [2.05, 4.69) is 68.7 Å². The van der Waals surface area contributed by atoms with E-state index in [1.807, 2.05) is 40.7 Å². The second-order valence-electron chi connectivity index (χ2n) is 12.9. The highest BCUT2D eigenvalue weighted by Crippen LogP contribution is 2.38. The van der Waals surface area contributed by atoms with Gasteiger partial charge in [0.05, 0.1) is 60.8 Å². The molecule has 48 heavy (non-hydrogen) atoms. The Morgan fingerprint density at radius 1 is 1.02 bits per heavy atom. The number of likely N-dealkylation sites (tertiary alicyclic amines) is 1. The highest BCUT2D eigenvalue weighted by atomic mass is 35.5. The lowest BCUT2D eigenvalue weighted by Crippen LogP contribution is -2.46. The van der Waals surface area contributed by atoms with Gasteiger partial charge in [0.2, 0.25) is 0 Å². The van der Waals surface area contributed by atoms with Crippen LogP contribution >= 0.6 is 34.5 Å². The molecular formula is C35H32Cl2FN9S. The first kappa shape index (κ1) is 32.2. The quantitative estimate of drug-likeness (QED) is 0.170. The number of thiazole rings is 1. The highest BCUT2D eigenvalue weighted by molar-refractivity contribution is 7.16. The van der Waals surface area contributed by atoms with Crippen molar-refractivity contribution in [3.63, 3.8) is 0 Å². The van der Waals surface area contributed by atoms with Crippen LogP contribution in [-0.4, -0.2) is 48.5 Å². The fourth-order valence-corrected chi connectivity index (χ4v) is 7.40. The minimum Gasteiger partial charge on any atom is -0.373 e. The van der Waals surface area contributed by atoms with Gasteiger partial charge in [-0.05, 0) is 81.6 Å². The minimum atomic E-state index is -0.535. The Morgan fingerprint density at radius 2 is 1.81 bits per heavy atom. The fourth-order valence-electron chi connectivity index (χ4n) is 6.23. The van der Waals surface area contributed by atoms with Crippen molar-refractivity contribution in [2.75, 3.05) is 23.7 Å². The van der Waals surface area contributed by atoms with Crippen LogP contribution in [0.3, 0.4) is 0 Å². The number of benzene rings is 3. The third-order valence-corrected chi connectivity index (χ3v) is 10.2. The first-order valence-electron chi connectivity index (χ1n) is 15.6. The number of nitriles is 1. The lowest BCUT2D eigenvalue weighted by molar-refractivity contribution is 0.0866. The third kappa shape index (κ3) is 6.41. The molecule has 0 radical (unpaired) electrons. The lowest BCUT2D eigenvalue weighted by atomic mass is 9.98. The maximum atomic E-state index is 13.9. The standard InChI is InChI=1S/C35H32Cl2FN9S/c1-35(2,3)46-10-8-24(9-11-46)47-18-30(44-45-47)33(20-4-7-29-31(12-20)48-19-41-29)43-23-13-25-32(42-22-5-6-28(38)26(36)14-22)21(16-39)17-40-34(25)27(37)15-23/h4-7,12-15,17-19,24,33,43H,8-11H2,1-3H3,(H,40,42). The Kier molecular flexibility index (Phi) is 8.68. The molecule has 13 heteroatoms. The maximum absolute atomic E-state index is 13.9. The van der Waals surface area contributed by atoms with Gasteiger partial charge in [0.15, 0.2) is 0 Å². The van der Waals surface area contributed by atoms with Crippen LogP contribution in [0.2, 0.25) is 10.0 Å². The molecule has 0 spiro atoms. The number of nitrogens with one attached hydrogen (secondary N) is 2. The van der Waals surface area contributed by atoms with Crippen molar-refractivity contribution in [3.05, 3.63) is 99.1 Å². The molecule has 0 amide bonds. The molecule has 1 unspecified atom stereocenters. The number of pyridine rings is 1.